The highest BCUT2D eigenvalue weighted by Gasteiger charge is 2.21. The second-order valence-corrected chi connectivity index (χ2v) is 6.68. The Bertz CT molecular complexity index is 1020. The van der Waals surface area contributed by atoms with Crippen LogP contribution in [0.15, 0.2) is 42.7 Å². The number of nitrogens with one attached hydrogen (secondary N) is 2. The maximum absolute atomic E-state index is 12.4. The molecular formula is C19H17ClN4O3. The smallest absolute Gasteiger partial charge is 0.260 e. The number of amides is 2. The van der Waals surface area contributed by atoms with Crippen LogP contribution in [0.4, 0.5) is 0 Å². The highest BCUT2D eigenvalue weighted by Crippen LogP contribution is 2.26. The lowest BCUT2D eigenvalue weighted by Crippen LogP contribution is -2.39. The third kappa shape index (κ3) is 3.73. The van der Waals surface area contributed by atoms with Gasteiger partial charge in [-0.1, -0.05) is 11.6 Å². The molecule has 1 aliphatic heterocycles. The molecule has 8 heteroatoms. The van der Waals surface area contributed by atoms with Crippen molar-refractivity contribution < 1.29 is 14.3 Å². The van der Waals surface area contributed by atoms with Crippen molar-refractivity contribution in [2.24, 2.45) is 0 Å². The molecule has 2 N–H and O–H groups in total. The summed E-state index contributed by atoms with van der Waals surface area (Å²) in [4.78, 5) is 33.4. The van der Waals surface area contributed by atoms with Gasteiger partial charge in [-0.25, -0.2) is 4.98 Å². The molecule has 138 valence electrons. The first-order valence-electron chi connectivity index (χ1n) is 8.50. The fourth-order valence-corrected chi connectivity index (χ4v) is 3.22. The lowest BCUT2D eigenvalue weighted by atomic mass is 10.2. The van der Waals surface area contributed by atoms with Gasteiger partial charge in [0.05, 0.1) is 17.4 Å². The molecule has 3 aromatic rings. The lowest BCUT2D eigenvalue weighted by molar-refractivity contribution is -0.133. The van der Waals surface area contributed by atoms with Gasteiger partial charge in [0, 0.05) is 35.8 Å². The fourth-order valence-electron chi connectivity index (χ4n) is 3.02. The van der Waals surface area contributed by atoms with Gasteiger partial charge in [0.2, 0.25) is 0 Å². The Morgan fingerprint density at radius 3 is 3.07 bits per heavy atom. The summed E-state index contributed by atoms with van der Waals surface area (Å²) in [5, 5.41) is 3.44. The van der Waals surface area contributed by atoms with Gasteiger partial charge in [0.1, 0.15) is 5.75 Å². The summed E-state index contributed by atoms with van der Waals surface area (Å²) in [5.41, 5.74) is 2.99. The summed E-state index contributed by atoms with van der Waals surface area (Å²) in [6.07, 6.45) is 1.59. The molecule has 4 rings (SSSR count). The van der Waals surface area contributed by atoms with Crippen LogP contribution < -0.4 is 10.1 Å². The Hall–Kier alpha value is -3.06. The van der Waals surface area contributed by atoms with Crippen LogP contribution in [0.3, 0.4) is 0 Å². The average Bonchev–Trinajstić information content (AvgIpc) is 3.08. The van der Waals surface area contributed by atoms with Crippen LogP contribution in [0.5, 0.6) is 5.75 Å². The summed E-state index contributed by atoms with van der Waals surface area (Å²) in [5.74, 6) is 0.330. The Morgan fingerprint density at radius 2 is 2.19 bits per heavy atom. The van der Waals surface area contributed by atoms with E-state index in [1.54, 1.807) is 47.6 Å². The molecule has 0 fully saturated rings. The Kier molecular flexibility index (Phi) is 4.68. The fraction of sp³-hybridized carbons (Fsp3) is 0.211. The van der Waals surface area contributed by atoms with Crippen molar-refractivity contribution in [1.29, 1.82) is 0 Å². The van der Waals surface area contributed by atoms with E-state index in [4.69, 9.17) is 16.3 Å². The van der Waals surface area contributed by atoms with E-state index in [0.717, 1.165) is 16.6 Å². The number of benzene rings is 2. The zero-order valence-corrected chi connectivity index (χ0v) is 15.1. The van der Waals surface area contributed by atoms with Crippen molar-refractivity contribution in [3.8, 4) is 5.75 Å². The summed E-state index contributed by atoms with van der Waals surface area (Å²) < 4.78 is 5.53. The third-order valence-electron chi connectivity index (χ3n) is 4.44. The van der Waals surface area contributed by atoms with Crippen LogP contribution in [0.2, 0.25) is 5.02 Å². The Morgan fingerprint density at radius 1 is 1.30 bits per heavy atom. The van der Waals surface area contributed by atoms with Gasteiger partial charge in [-0.3, -0.25) is 9.59 Å². The monoisotopic (exact) mass is 384 g/mol. The first kappa shape index (κ1) is 17.4. The van der Waals surface area contributed by atoms with E-state index >= 15 is 0 Å². The number of aromatic amines is 1. The number of carbonyl (C=O) groups is 2. The minimum absolute atomic E-state index is 0.0287. The molecule has 2 heterocycles. The molecule has 0 bridgehead atoms. The molecule has 7 nitrogen and oxygen atoms in total. The SMILES string of the molecule is O=C(NCCN1Cc2cc(Cl)ccc2OCC1=O)c1ccc2nc[nH]c2c1. The van der Waals surface area contributed by atoms with Gasteiger partial charge >= 0.3 is 0 Å². The van der Waals surface area contributed by atoms with Crippen LogP contribution in [-0.4, -0.2) is 46.4 Å². The normalized spacial score (nSPS) is 13.8. The molecular weight excluding hydrogens is 368 g/mol. The first-order chi connectivity index (χ1) is 13.1. The van der Waals surface area contributed by atoms with E-state index < -0.39 is 0 Å². The number of nitrogens with zero attached hydrogens (tertiary/aromatic N) is 2. The largest absolute Gasteiger partial charge is 0.483 e. The summed E-state index contributed by atoms with van der Waals surface area (Å²) >= 11 is 6.04. The highest BCUT2D eigenvalue weighted by atomic mass is 35.5. The van der Waals surface area contributed by atoms with E-state index in [-0.39, 0.29) is 18.4 Å². The molecule has 0 aliphatic carbocycles. The van der Waals surface area contributed by atoms with E-state index in [1.807, 2.05) is 0 Å². The number of H-pyrrole nitrogens is 1. The molecule has 2 amide bonds. The number of halogens is 1. The van der Waals surface area contributed by atoms with Gasteiger partial charge in [-0.15, -0.1) is 0 Å². The van der Waals surface area contributed by atoms with Crippen LogP contribution in [0.25, 0.3) is 11.0 Å². The number of aromatic nitrogens is 2. The molecule has 2 aromatic carbocycles. The minimum Gasteiger partial charge on any atom is -0.483 e. The Labute approximate surface area is 160 Å². The van der Waals surface area contributed by atoms with Gasteiger partial charge in [-0.2, -0.15) is 0 Å². The zero-order valence-electron chi connectivity index (χ0n) is 14.4. The lowest BCUT2D eigenvalue weighted by Gasteiger charge is -2.20. The standard InChI is InChI=1S/C19H17ClN4O3/c20-14-2-4-17-13(7-14)9-24(18(25)10-27-17)6-5-21-19(26)12-1-3-15-16(8-12)23-11-22-15/h1-4,7-8,11H,5-6,9-10H2,(H,21,26)(H,22,23). The quantitative estimate of drug-likeness (QED) is 0.723. The van der Waals surface area contributed by atoms with Crippen LogP contribution >= 0.6 is 11.6 Å². The van der Waals surface area contributed by atoms with Gasteiger partial charge in [0.25, 0.3) is 11.8 Å². The van der Waals surface area contributed by atoms with E-state index in [9.17, 15) is 9.59 Å². The summed E-state index contributed by atoms with van der Waals surface area (Å²) in [7, 11) is 0. The van der Waals surface area contributed by atoms with E-state index in [1.165, 1.54) is 0 Å². The second kappa shape index (κ2) is 7.28. The number of imidazole rings is 1. The highest BCUT2D eigenvalue weighted by molar-refractivity contribution is 6.30. The first-order valence-corrected chi connectivity index (χ1v) is 8.88. The van der Waals surface area contributed by atoms with E-state index in [2.05, 4.69) is 15.3 Å². The molecule has 0 radical (unpaired) electrons. The topological polar surface area (TPSA) is 87.3 Å². The van der Waals surface area contributed by atoms with Crippen molar-refractivity contribution in [2.75, 3.05) is 19.7 Å². The molecule has 1 aliphatic rings. The molecule has 0 unspecified atom stereocenters. The Balaban J connectivity index is 1.38. The maximum atomic E-state index is 12.4. The van der Waals surface area contributed by atoms with E-state index in [0.29, 0.717) is 36.0 Å². The molecule has 0 saturated heterocycles. The zero-order chi connectivity index (χ0) is 18.8. The molecule has 0 spiro atoms. The van der Waals surface area contributed by atoms with Crippen molar-refractivity contribution in [2.45, 2.75) is 6.54 Å². The second-order valence-electron chi connectivity index (χ2n) is 6.25. The van der Waals surface area contributed by atoms with Gasteiger partial charge in [-0.05, 0) is 36.4 Å². The predicted octanol–water partition coefficient (Wildman–Crippen LogP) is 2.37. The van der Waals surface area contributed by atoms with Crippen molar-refractivity contribution >= 4 is 34.4 Å². The van der Waals surface area contributed by atoms with Gasteiger partial charge in [0.15, 0.2) is 6.61 Å². The number of ether oxygens (including phenoxy) is 1. The molecule has 0 saturated carbocycles. The minimum atomic E-state index is -0.200. The predicted molar refractivity (Wildman–Crippen MR) is 101 cm³/mol. The number of hydrogen-bond donors (Lipinski definition) is 2. The number of fused-ring (bicyclic) bond motifs is 2. The molecule has 1 aromatic heterocycles. The third-order valence-corrected chi connectivity index (χ3v) is 4.67. The summed E-state index contributed by atoms with van der Waals surface area (Å²) in [6.45, 7) is 1.08. The molecule has 27 heavy (non-hydrogen) atoms. The molecule has 0 atom stereocenters. The van der Waals surface area contributed by atoms with Crippen molar-refractivity contribution in [3.63, 3.8) is 0 Å². The number of rotatable bonds is 4. The summed E-state index contributed by atoms with van der Waals surface area (Å²) in [6, 6.07) is 10.6. The van der Waals surface area contributed by atoms with Crippen LogP contribution in [0, 0.1) is 0 Å². The van der Waals surface area contributed by atoms with Crippen molar-refractivity contribution in [3.05, 3.63) is 58.9 Å². The average molecular weight is 385 g/mol. The number of hydrogen-bond acceptors (Lipinski definition) is 4. The van der Waals surface area contributed by atoms with Crippen LogP contribution in [-0.2, 0) is 11.3 Å². The maximum Gasteiger partial charge on any atom is 0.260 e. The van der Waals surface area contributed by atoms with Crippen molar-refractivity contribution in [1.82, 2.24) is 20.2 Å². The van der Waals surface area contributed by atoms with Crippen LogP contribution in [0.1, 0.15) is 15.9 Å². The number of carbonyl (C=O) groups excluding carboxylic acids is 2. The van der Waals surface area contributed by atoms with Gasteiger partial charge < -0.3 is 19.9 Å².